The van der Waals surface area contributed by atoms with E-state index in [-0.39, 0.29) is 0 Å². The van der Waals surface area contributed by atoms with Crippen LogP contribution in [0.3, 0.4) is 0 Å². The Bertz CT molecular complexity index is 395. The first-order chi connectivity index (χ1) is 9.67. The number of hydrogen-bond acceptors (Lipinski definition) is 2. The number of rotatable bonds is 6. The van der Waals surface area contributed by atoms with E-state index in [0.29, 0.717) is 18.0 Å². The molecular formula is C17H31N3. The van der Waals surface area contributed by atoms with Crippen LogP contribution in [-0.2, 0) is 6.42 Å². The van der Waals surface area contributed by atoms with Crippen molar-refractivity contribution in [2.45, 2.75) is 77.8 Å². The van der Waals surface area contributed by atoms with Crippen molar-refractivity contribution in [2.24, 2.45) is 17.6 Å². The maximum absolute atomic E-state index is 6.33. The van der Waals surface area contributed by atoms with Crippen LogP contribution in [-0.4, -0.2) is 15.8 Å². The predicted octanol–water partition coefficient (Wildman–Crippen LogP) is 3.94. The average Bonchev–Trinajstić information content (AvgIpc) is 2.91. The van der Waals surface area contributed by atoms with Gasteiger partial charge in [-0.05, 0) is 56.4 Å². The van der Waals surface area contributed by atoms with Crippen LogP contribution < -0.4 is 5.73 Å². The first kappa shape index (κ1) is 15.6. The van der Waals surface area contributed by atoms with E-state index in [1.807, 2.05) is 0 Å². The molecular weight excluding hydrogens is 246 g/mol. The van der Waals surface area contributed by atoms with E-state index in [1.165, 1.54) is 31.4 Å². The van der Waals surface area contributed by atoms with Gasteiger partial charge < -0.3 is 5.73 Å². The lowest BCUT2D eigenvalue weighted by Gasteiger charge is -2.33. The fourth-order valence-electron chi connectivity index (χ4n) is 3.61. The van der Waals surface area contributed by atoms with Crippen molar-refractivity contribution < 1.29 is 0 Å². The summed E-state index contributed by atoms with van der Waals surface area (Å²) in [6, 6.07) is 3.11. The minimum Gasteiger partial charge on any atom is -0.327 e. The molecule has 0 aliphatic heterocycles. The molecule has 0 amide bonds. The lowest BCUT2D eigenvalue weighted by molar-refractivity contribution is 0.225. The maximum atomic E-state index is 6.33. The summed E-state index contributed by atoms with van der Waals surface area (Å²) in [6.07, 6.45) is 10.6. The molecule has 114 valence electrons. The van der Waals surface area contributed by atoms with Gasteiger partial charge in [0.05, 0.1) is 11.7 Å². The molecule has 1 aliphatic rings. The molecule has 3 nitrogen and oxygen atoms in total. The van der Waals surface area contributed by atoms with Gasteiger partial charge in [-0.1, -0.05) is 27.2 Å². The van der Waals surface area contributed by atoms with Gasteiger partial charge >= 0.3 is 0 Å². The van der Waals surface area contributed by atoms with Crippen LogP contribution in [0.15, 0.2) is 12.3 Å². The molecule has 1 saturated carbocycles. The Labute approximate surface area is 123 Å². The van der Waals surface area contributed by atoms with Crippen LogP contribution in [0, 0.1) is 11.8 Å². The van der Waals surface area contributed by atoms with E-state index < -0.39 is 0 Å². The van der Waals surface area contributed by atoms with Crippen LogP contribution in [0.1, 0.15) is 71.0 Å². The van der Waals surface area contributed by atoms with Gasteiger partial charge in [-0.2, -0.15) is 5.10 Å². The molecule has 1 aromatic heterocycles. The fraction of sp³-hybridized carbons (Fsp3) is 0.824. The first-order valence-electron chi connectivity index (χ1n) is 8.47. The second-order valence-corrected chi connectivity index (χ2v) is 6.47. The number of nitrogens with two attached hydrogens (primary N) is 1. The highest BCUT2D eigenvalue weighted by Crippen LogP contribution is 2.32. The van der Waals surface area contributed by atoms with Crippen molar-refractivity contribution in [1.29, 1.82) is 0 Å². The van der Waals surface area contributed by atoms with Crippen LogP contribution in [0.5, 0.6) is 0 Å². The van der Waals surface area contributed by atoms with Gasteiger partial charge in [0.2, 0.25) is 0 Å². The van der Waals surface area contributed by atoms with E-state index in [2.05, 4.69) is 37.7 Å². The van der Waals surface area contributed by atoms with Crippen molar-refractivity contribution in [3.8, 4) is 0 Å². The minimum absolute atomic E-state index is 0.371. The van der Waals surface area contributed by atoms with Gasteiger partial charge in [-0.3, -0.25) is 4.68 Å². The topological polar surface area (TPSA) is 43.8 Å². The SMILES string of the molecule is CCC1CCC(N)C(Cc2ccn(C(CC)CC)n2)C1. The molecule has 2 rings (SSSR count). The average molecular weight is 277 g/mol. The number of hydrogen-bond donors (Lipinski definition) is 1. The van der Waals surface area contributed by atoms with E-state index in [0.717, 1.165) is 25.2 Å². The standard InChI is InChI=1S/C17H31N3/c1-4-13-7-8-17(18)14(11-13)12-15-9-10-20(19-15)16(5-2)6-3/h9-10,13-14,16-17H,4-8,11-12,18H2,1-3H3. The summed E-state index contributed by atoms with van der Waals surface area (Å²) in [5.41, 5.74) is 7.56. The van der Waals surface area contributed by atoms with E-state index in [9.17, 15) is 0 Å². The molecule has 2 N–H and O–H groups in total. The molecule has 1 aromatic rings. The molecule has 1 fully saturated rings. The highest BCUT2D eigenvalue weighted by Gasteiger charge is 2.28. The minimum atomic E-state index is 0.371. The molecule has 0 radical (unpaired) electrons. The molecule has 3 atom stereocenters. The second-order valence-electron chi connectivity index (χ2n) is 6.47. The highest BCUT2D eigenvalue weighted by molar-refractivity contribution is 5.03. The van der Waals surface area contributed by atoms with Gasteiger partial charge in [0, 0.05) is 12.2 Å². The number of nitrogens with zero attached hydrogens (tertiary/aromatic N) is 2. The molecule has 3 heteroatoms. The van der Waals surface area contributed by atoms with Crippen molar-refractivity contribution in [2.75, 3.05) is 0 Å². The number of aromatic nitrogens is 2. The zero-order valence-electron chi connectivity index (χ0n) is 13.4. The summed E-state index contributed by atoms with van der Waals surface area (Å²) in [4.78, 5) is 0. The molecule has 0 bridgehead atoms. The van der Waals surface area contributed by atoms with Gasteiger partial charge in [0.15, 0.2) is 0 Å². The van der Waals surface area contributed by atoms with E-state index >= 15 is 0 Å². The quantitative estimate of drug-likeness (QED) is 0.856. The fourth-order valence-corrected chi connectivity index (χ4v) is 3.61. The highest BCUT2D eigenvalue weighted by atomic mass is 15.3. The van der Waals surface area contributed by atoms with Crippen molar-refractivity contribution >= 4 is 0 Å². The molecule has 0 spiro atoms. The summed E-state index contributed by atoms with van der Waals surface area (Å²) in [5, 5.41) is 4.79. The lowest BCUT2D eigenvalue weighted by atomic mass is 9.75. The molecule has 20 heavy (non-hydrogen) atoms. The Morgan fingerprint density at radius 2 is 2.05 bits per heavy atom. The van der Waals surface area contributed by atoms with Gasteiger partial charge in [-0.25, -0.2) is 0 Å². The smallest absolute Gasteiger partial charge is 0.0628 e. The van der Waals surface area contributed by atoms with Crippen molar-refractivity contribution in [1.82, 2.24) is 9.78 Å². The summed E-state index contributed by atoms with van der Waals surface area (Å²) in [6.45, 7) is 6.78. The third-order valence-electron chi connectivity index (χ3n) is 5.18. The Morgan fingerprint density at radius 1 is 1.30 bits per heavy atom. The lowest BCUT2D eigenvalue weighted by Crippen LogP contribution is -2.37. The summed E-state index contributed by atoms with van der Waals surface area (Å²) in [5.74, 6) is 1.50. The zero-order valence-corrected chi connectivity index (χ0v) is 13.4. The Morgan fingerprint density at radius 3 is 2.70 bits per heavy atom. The predicted molar refractivity (Wildman–Crippen MR) is 84.6 cm³/mol. The molecule has 0 aromatic carbocycles. The molecule has 1 aliphatic carbocycles. The van der Waals surface area contributed by atoms with Crippen molar-refractivity contribution in [3.63, 3.8) is 0 Å². The van der Waals surface area contributed by atoms with Crippen LogP contribution >= 0.6 is 0 Å². The molecule has 1 heterocycles. The molecule has 3 unspecified atom stereocenters. The summed E-state index contributed by atoms with van der Waals surface area (Å²) >= 11 is 0. The third kappa shape index (κ3) is 3.63. The Balaban J connectivity index is 1.98. The summed E-state index contributed by atoms with van der Waals surface area (Å²) < 4.78 is 2.15. The van der Waals surface area contributed by atoms with Crippen molar-refractivity contribution in [3.05, 3.63) is 18.0 Å². The van der Waals surface area contributed by atoms with E-state index in [4.69, 9.17) is 10.8 Å². The monoisotopic (exact) mass is 277 g/mol. The first-order valence-corrected chi connectivity index (χ1v) is 8.47. The van der Waals surface area contributed by atoms with Gasteiger partial charge in [-0.15, -0.1) is 0 Å². The van der Waals surface area contributed by atoms with Gasteiger partial charge in [0.1, 0.15) is 0 Å². The van der Waals surface area contributed by atoms with Crippen LogP contribution in [0.2, 0.25) is 0 Å². The second kappa shape index (κ2) is 7.26. The van der Waals surface area contributed by atoms with Crippen LogP contribution in [0.25, 0.3) is 0 Å². The molecule has 0 saturated heterocycles. The zero-order chi connectivity index (χ0) is 14.5. The largest absolute Gasteiger partial charge is 0.327 e. The van der Waals surface area contributed by atoms with E-state index in [1.54, 1.807) is 0 Å². The Hall–Kier alpha value is -0.830. The summed E-state index contributed by atoms with van der Waals surface area (Å²) in [7, 11) is 0. The van der Waals surface area contributed by atoms with Crippen LogP contribution in [0.4, 0.5) is 0 Å². The Kier molecular flexibility index (Phi) is 5.64. The van der Waals surface area contributed by atoms with Gasteiger partial charge in [0.25, 0.3) is 0 Å². The maximum Gasteiger partial charge on any atom is 0.0628 e. The third-order valence-corrected chi connectivity index (χ3v) is 5.18. The normalized spacial score (nSPS) is 27.1.